The maximum atomic E-state index is 12.0. The Morgan fingerprint density at radius 3 is 3.04 bits per heavy atom. The molecule has 0 spiro atoms. The summed E-state index contributed by atoms with van der Waals surface area (Å²) in [6, 6.07) is 1.60. The summed E-state index contributed by atoms with van der Waals surface area (Å²) >= 11 is 9.28. The van der Waals surface area contributed by atoms with Crippen molar-refractivity contribution in [3.05, 3.63) is 45.3 Å². The van der Waals surface area contributed by atoms with Crippen molar-refractivity contribution in [1.29, 1.82) is 0 Å². The summed E-state index contributed by atoms with van der Waals surface area (Å²) in [5.41, 5.74) is 1.14. The number of halogens is 2. The summed E-state index contributed by atoms with van der Waals surface area (Å²) in [5, 5.41) is 17.4. The summed E-state index contributed by atoms with van der Waals surface area (Å²) in [5.74, 6) is -0.140. The molecule has 0 aromatic carbocycles. The molecule has 8 nitrogen and oxygen atoms in total. The number of fused-ring (bicyclic) bond motifs is 1. The van der Waals surface area contributed by atoms with Crippen LogP contribution in [0.2, 0.25) is 5.02 Å². The average molecular weight is 427 g/mol. The summed E-state index contributed by atoms with van der Waals surface area (Å²) in [4.78, 5) is 20.2. The molecule has 0 amide bonds. The van der Waals surface area contributed by atoms with Crippen molar-refractivity contribution in [3.63, 3.8) is 0 Å². The van der Waals surface area contributed by atoms with Gasteiger partial charge in [-0.2, -0.15) is 5.10 Å². The fourth-order valence-electron chi connectivity index (χ4n) is 2.15. The van der Waals surface area contributed by atoms with E-state index in [0.717, 1.165) is 0 Å². The van der Waals surface area contributed by atoms with Gasteiger partial charge < -0.3 is 15.2 Å². The van der Waals surface area contributed by atoms with E-state index in [4.69, 9.17) is 16.3 Å². The lowest BCUT2D eigenvalue weighted by molar-refractivity contribution is 0.0528. The Hall–Kier alpha value is -2.39. The zero-order valence-corrected chi connectivity index (χ0v) is 15.4. The Morgan fingerprint density at radius 2 is 2.28 bits per heavy atom. The van der Waals surface area contributed by atoms with E-state index in [-0.39, 0.29) is 24.6 Å². The second-order valence-corrected chi connectivity index (χ2v) is 6.26. The van der Waals surface area contributed by atoms with E-state index in [0.29, 0.717) is 26.5 Å². The summed E-state index contributed by atoms with van der Waals surface area (Å²) < 4.78 is 7.11. The number of anilines is 1. The van der Waals surface area contributed by atoms with Gasteiger partial charge in [0.1, 0.15) is 11.4 Å². The van der Waals surface area contributed by atoms with E-state index < -0.39 is 5.97 Å². The van der Waals surface area contributed by atoms with Crippen molar-refractivity contribution in [1.82, 2.24) is 19.6 Å². The van der Waals surface area contributed by atoms with E-state index in [1.165, 1.54) is 16.9 Å². The van der Waals surface area contributed by atoms with Gasteiger partial charge in [-0.25, -0.2) is 19.3 Å². The monoisotopic (exact) mass is 425 g/mol. The molecular formula is C15H13BrClN5O3. The minimum Gasteiger partial charge on any atom is -0.493 e. The van der Waals surface area contributed by atoms with E-state index in [1.807, 2.05) is 0 Å². The van der Waals surface area contributed by atoms with Crippen molar-refractivity contribution in [2.75, 3.05) is 11.9 Å². The zero-order chi connectivity index (χ0) is 18.0. The third-order valence-corrected chi connectivity index (χ3v) is 4.09. The maximum Gasteiger partial charge on any atom is 0.343 e. The summed E-state index contributed by atoms with van der Waals surface area (Å²) in [6.07, 6.45) is 4.44. The number of esters is 1. The highest BCUT2D eigenvalue weighted by Gasteiger charge is 2.17. The first-order valence-electron chi connectivity index (χ1n) is 7.28. The minimum absolute atomic E-state index is 0.120. The van der Waals surface area contributed by atoms with Crippen LogP contribution in [-0.4, -0.2) is 37.3 Å². The van der Waals surface area contributed by atoms with Crippen molar-refractivity contribution in [2.24, 2.45) is 0 Å². The van der Waals surface area contributed by atoms with Gasteiger partial charge in [0.25, 0.3) is 0 Å². The molecule has 10 heteroatoms. The number of hydrogen-bond acceptors (Lipinski definition) is 7. The Kier molecular flexibility index (Phi) is 5.05. The molecule has 3 heterocycles. The van der Waals surface area contributed by atoms with E-state index >= 15 is 0 Å². The topological polar surface area (TPSA) is 102 Å². The lowest BCUT2D eigenvalue weighted by Gasteiger charge is -2.10. The third-order valence-electron chi connectivity index (χ3n) is 3.30. The smallest absolute Gasteiger partial charge is 0.343 e. The first-order chi connectivity index (χ1) is 12.0. The van der Waals surface area contributed by atoms with Crippen LogP contribution in [0.1, 0.15) is 22.8 Å². The van der Waals surface area contributed by atoms with E-state index in [1.54, 1.807) is 19.2 Å². The third kappa shape index (κ3) is 3.67. The average Bonchev–Trinajstić information content (AvgIpc) is 2.98. The predicted octanol–water partition coefficient (Wildman–Crippen LogP) is 3.03. The molecule has 25 heavy (non-hydrogen) atoms. The van der Waals surface area contributed by atoms with Gasteiger partial charge >= 0.3 is 5.97 Å². The van der Waals surface area contributed by atoms with Gasteiger partial charge in [0.2, 0.25) is 5.88 Å². The predicted molar refractivity (Wildman–Crippen MR) is 94.9 cm³/mol. The fraction of sp³-hybridized carbons (Fsp3) is 0.200. The van der Waals surface area contributed by atoms with Gasteiger partial charge in [-0.05, 0) is 28.9 Å². The zero-order valence-electron chi connectivity index (χ0n) is 13.0. The lowest BCUT2D eigenvalue weighted by Crippen LogP contribution is -2.07. The fourth-order valence-corrected chi connectivity index (χ4v) is 2.75. The highest BCUT2D eigenvalue weighted by Crippen LogP contribution is 2.25. The number of nitrogens with zero attached hydrogens (tertiary/aromatic N) is 4. The molecule has 3 aromatic heterocycles. The van der Waals surface area contributed by atoms with Crippen LogP contribution in [0.15, 0.2) is 29.1 Å². The Labute approximate surface area is 155 Å². The van der Waals surface area contributed by atoms with Gasteiger partial charge in [-0.3, -0.25) is 0 Å². The van der Waals surface area contributed by atoms with Crippen LogP contribution in [0.4, 0.5) is 5.82 Å². The Morgan fingerprint density at radius 1 is 1.48 bits per heavy atom. The first-order valence-corrected chi connectivity index (χ1v) is 8.45. The lowest BCUT2D eigenvalue weighted by atomic mass is 10.2. The van der Waals surface area contributed by atoms with Crippen molar-refractivity contribution in [2.45, 2.75) is 13.5 Å². The SMILES string of the molecule is CCOC(=O)c1cnn2cc(Br)c(NCc3cc(Cl)cnc3O)nc12. The molecule has 0 saturated heterocycles. The number of ether oxygens (including phenoxy) is 1. The van der Waals surface area contributed by atoms with Gasteiger partial charge in [-0.15, -0.1) is 0 Å². The molecule has 0 aliphatic heterocycles. The standard InChI is InChI=1S/C15H13BrClN5O3/c1-2-25-15(24)10-6-20-22-7-11(16)12(21-13(10)22)18-4-8-3-9(17)5-19-14(8)23/h3,5-7H,2,4H2,1H3,(H,18,21)(H,19,23). The second kappa shape index (κ2) is 7.24. The Balaban J connectivity index is 1.90. The van der Waals surface area contributed by atoms with Gasteiger partial charge in [0.05, 0.1) is 22.3 Å². The minimum atomic E-state index is -0.491. The number of pyridine rings is 1. The molecule has 2 N–H and O–H groups in total. The maximum absolute atomic E-state index is 12.0. The number of nitrogens with one attached hydrogen (secondary N) is 1. The highest BCUT2D eigenvalue weighted by molar-refractivity contribution is 9.10. The van der Waals surface area contributed by atoms with Crippen molar-refractivity contribution in [3.8, 4) is 5.88 Å². The molecular weight excluding hydrogens is 414 g/mol. The normalized spacial score (nSPS) is 10.8. The van der Waals surface area contributed by atoms with Gasteiger partial charge in [0.15, 0.2) is 5.65 Å². The van der Waals surface area contributed by atoms with Crippen LogP contribution in [0.3, 0.4) is 0 Å². The van der Waals surface area contributed by atoms with Crippen LogP contribution in [-0.2, 0) is 11.3 Å². The number of carbonyl (C=O) groups is 1. The molecule has 0 aliphatic carbocycles. The van der Waals surface area contributed by atoms with E-state index in [2.05, 4.69) is 36.3 Å². The molecule has 3 rings (SSSR count). The quantitative estimate of drug-likeness (QED) is 0.605. The second-order valence-electron chi connectivity index (χ2n) is 4.97. The van der Waals surface area contributed by atoms with Crippen LogP contribution in [0.5, 0.6) is 5.88 Å². The molecule has 130 valence electrons. The highest BCUT2D eigenvalue weighted by atomic mass is 79.9. The molecule has 0 fully saturated rings. The number of carbonyl (C=O) groups excluding carboxylic acids is 1. The van der Waals surface area contributed by atoms with Gasteiger partial charge in [-0.1, -0.05) is 11.6 Å². The Bertz CT molecular complexity index is 946. The molecule has 0 saturated carbocycles. The summed E-state index contributed by atoms with van der Waals surface area (Å²) in [6.45, 7) is 2.23. The molecule has 3 aromatic rings. The molecule has 0 unspecified atom stereocenters. The molecule has 0 aliphatic rings. The van der Waals surface area contributed by atoms with Gasteiger partial charge in [0, 0.05) is 24.5 Å². The summed E-state index contributed by atoms with van der Waals surface area (Å²) in [7, 11) is 0. The number of hydrogen-bond donors (Lipinski definition) is 2. The van der Waals surface area contributed by atoms with Crippen LogP contribution < -0.4 is 5.32 Å². The molecule has 0 radical (unpaired) electrons. The number of aromatic nitrogens is 4. The molecule has 0 atom stereocenters. The first kappa shape index (κ1) is 17.4. The number of rotatable bonds is 5. The van der Waals surface area contributed by atoms with Crippen molar-refractivity contribution < 1.29 is 14.6 Å². The van der Waals surface area contributed by atoms with Crippen LogP contribution in [0, 0.1) is 0 Å². The van der Waals surface area contributed by atoms with Crippen LogP contribution in [0.25, 0.3) is 5.65 Å². The number of aromatic hydroxyl groups is 1. The molecule has 0 bridgehead atoms. The largest absolute Gasteiger partial charge is 0.493 e. The van der Waals surface area contributed by atoms with Crippen molar-refractivity contribution >= 4 is 45.0 Å². The van der Waals surface area contributed by atoms with Crippen LogP contribution >= 0.6 is 27.5 Å². The van der Waals surface area contributed by atoms with E-state index in [9.17, 15) is 9.90 Å².